The monoisotopic (exact) mass is 311 g/mol. The van der Waals surface area contributed by atoms with Crippen molar-refractivity contribution in [2.24, 2.45) is 11.7 Å². The Balaban J connectivity index is 0.00000220. The van der Waals surface area contributed by atoms with Gasteiger partial charge in [-0.25, -0.2) is 0 Å². The molecule has 0 spiro atoms. The maximum Gasteiger partial charge on any atom is 0.238 e. The minimum Gasteiger partial charge on any atom is -0.329 e. The van der Waals surface area contributed by atoms with Gasteiger partial charge in [-0.1, -0.05) is 25.1 Å². The highest BCUT2D eigenvalue weighted by atomic mass is 35.5. The molecule has 1 aliphatic rings. The third kappa shape index (κ3) is 4.99. The zero-order chi connectivity index (χ0) is 14.5. The molecule has 1 aromatic rings. The van der Waals surface area contributed by atoms with Gasteiger partial charge >= 0.3 is 0 Å². The first-order valence-corrected chi connectivity index (χ1v) is 7.39. The lowest BCUT2D eigenvalue weighted by atomic mass is 9.92. The number of benzene rings is 1. The standard InChI is InChI=1S/C16H25N3O.ClH/c1-12-7-8-19(14(9-12)10-17)11-16(20)18-15-6-4-3-5-13(15)2;/h3-6,12,14H,7-11,17H2,1-2H3,(H,18,20);1H. The lowest BCUT2D eigenvalue weighted by Crippen LogP contribution is -2.49. The Kier molecular flexibility index (Phi) is 7.15. The largest absolute Gasteiger partial charge is 0.329 e. The Morgan fingerprint density at radius 1 is 1.43 bits per heavy atom. The van der Waals surface area contributed by atoms with Crippen LogP contribution in [0.4, 0.5) is 5.69 Å². The van der Waals surface area contributed by atoms with Crippen LogP contribution in [0.3, 0.4) is 0 Å². The average Bonchev–Trinajstić information content (AvgIpc) is 2.43. The molecule has 4 nitrogen and oxygen atoms in total. The van der Waals surface area contributed by atoms with E-state index < -0.39 is 0 Å². The van der Waals surface area contributed by atoms with Crippen molar-refractivity contribution in [1.29, 1.82) is 0 Å². The number of nitrogens with one attached hydrogen (secondary N) is 1. The number of halogens is 1. The fourth-order valence-corrected chi connectivity index (χ4v) is 2.84. The Morgan fingerprint density at radius 2 is 2.14 bits per heavy atom. The number of amides is 1. The summed E-state index contributed by atoms with van der Waals surface area (Å²) in [5, 5.41) is 2.99. The van der Waals surface area contributed by atoms with E-state index in [1.54, 1.807) is 0 Å². The lowest BCUT2D eigenvalue weighted by Gasteiger charge is -2.37. The molecule has 2 atom stereocenters. The SMILES string of the molecule is Cc1ccccc1NC(=O)CN1CCC(C)CC1CN.Cl. The van der Waals surface area contributed by atoms with Crippen LogP contribution in [0.15, 0.2) is 24.3 Å². The summed E-state index contributed by atoms with van der Waals surface area (Å²) in [6.45, 7) is 6.28. The second-order valence-electron chi connectivity index (χ2n) is 5.85. The lowest BCUT2D eigenvalue weighted by molar-refractivity contribution is -0.118. The zero-order valence-electron chi connectivity index (χ0n) is 12.8. The summed E-state index contributed by atoms with van der Waals surface area (Å²) in [4.78, 5) is 14.4. The molecule has 21 heavy (non-hydrogen) atoms. The summed E-state index contributed by atoms with van der Waals surface area (Å²) in [5.41, 5.74) is 7.82. The van der Waals surface area contributed by atoms with Gasteiger partial charge in [0.15, 0.2) is 0 Å². The van der Waals surface area contributed by atoms with Gasteiger partial charge in [-0.15, -0.1) is 12.4 Å². The fourth-order valence-electron chi connectivity index (χ4n) is 2.84. The molecule has 1 amide bonds. The van der Waals surface area contributed by atoms with Gasteiger partial charge in [0.1, 0.15) is 0 Å². The number of para-hydroxylation sites is 1. The quantitative estimate of drug-likeness (QED) is 0.898. The smallest absolute Gasteiger partial charge is 0.238 e. The molecular weight excluding hydrogens is 286 g/mol. The first kappa shape index (κ1) is 18.0. The van der Waals surface area contributed by atoms with Crippen LogP contribution in [0.2, 0.25) is 0 Å². The van der Waals surface area contributed by atoms with E-state index in [9.17, 15) is 4.79 Å². The predicted octanol–water partition coefficient (Wildman–Crippen LogP) is 2.41. The molecular formula is C16H26ClN3O. The van der Waals surface area contributed by atoms with Gasteiger partial charge in [0.2, 0.25) is 5.91 Å². The maximum atomic E-state index is 12.2. The minimum atomic E-state index is 0. The van der Waals surface area contributed by atoms with Gasteiger partial charge in [0, 0.05) is 18.3 Å². The number of hydrogen-bond donors (Lipinski definition) is 2. The number of carbonyl (C=O) groups is 1. The molecule has 3 N–H and O–H groups in total. The van der Waals surface area contributed by atoms with Crippen LogP contribution < -0.4 is 11.1 Å². The molecule has 2 unspecified atom stereocenters. The van der Waals surface area contributed by atoms with Crippen LogP contribution in [0.5, 0.6) is 0 Å². The van der Waals surface area contributed by atoms with Crippen molar-refractivity contribution >= 4 is 24.0 Å². The van der Waals surface area contributed by atoms with Gasteiger partial charge in [0.25, 0.3) is 0 Å². The highest BCUT2D eigenvalue weighted by Crippen LogP contribution is 2.21. The molecule has 1 heterocycles. The molecule has 118 valence electrons. The molecule has 0 aliphatic carbocycles. The number of rotatable bonds is 4. The van der Waals surface area contributed by atoms with E-state index in [1.807, 2.05) is 31.2 Å². The van der Waals surface area contributed by atoms with Crippen molar-refractivity contribution < 1.29 is 4.79 Å². The number of nitrogens with two attached hydrogens (primary N) is 1. The summed E-state index contributed by atoms with van der Waals surface area (Å²) in [5.74, 6) is 0.756. The van der Waals surface area contributed by atoms with E-state index in [1.165, 1.54) is 0 Å². The van der Waals surface area contributed by atoms with E-state index in [0.29, 0.717) is 25.0 Å². The summed E-state index contributed by atoms with van der Waals surface area (Å²) in [6.07, 6.45) is 2.24. The molecule has 1 aliphatic heterocycles. The van der Waals surface area contributed by atoms with E-state index in [2.05, 4.69) is 17.1 Å². The molecule has 1 aromatic carbocycles. The Morgan fingerprint density at radius 3 is 2.81 bits per heavy atom. The van der Waals surface area contributed by atoms with Gasteiger partial charge in [-0.3, -0.25) is 9.69 Å². The van der Waals surface area contributed by atoms with Crippen molar-refractivity contribution in [2.75, 3.05) is 25.0 Å². The van der Waals surface area contributed by atoms with Crippen molar-refractivity contribution in [1.82, 2.24) is 4.90 Å². The van der Waals surface area contributed by atoms with Crippen LogP contribution in [-0.2, 0) is 4.79 Å². The maximum absolute atomic E-state index is 12.2. The number of aryl methyl sites for hydroxylation is 1. The molecule has 0 radical (unpaired) electrons. The molecule has 0 aromatic heterocycles. The van der Waals surface area contributed by atoms with Gasteiger partial charge in [-0.05, 0) is 43.9 Å². The summed E-state index contributed by atoms with van der Waals surface area (Å²) >= 11 is 0. The predicted molar refractivity (Wildman–Crippen MR) is 89.9 cm³/mol. The Hall–Kier alpha value is -1.10. The van der Waals surface area contributed by atoms with Gasteiger partial charge < -0.3 is 11.1 Å². The zero-order valence-corrected chi connectivity index (χ0v) is 13.7. The van der Waals surface area contributed by atoms with Crippen LogP contribution in [0, 0.1) is 12.8 Å². The second-order valence-corrected chi connectivity index (χ2v) is 5.85. The number of likely N-dealkylation sites (tertiary alicyclic amines) is 1. The number of nitrogens with zero attached hydrogens (tertiary/aromatic N) is 1. The molecule has 0 saturated carbocycles. The number of anilines is 1. The minimum absolute atomic E-state index is 0. The second kappa shape index (κ2) is 8.37. The molecule has 5 heteroatoms. The van der Waals surface area contributed by atoms with E-state index >= 15 is 0 Å². The summed E-state index contributed by atoms with van der Waals surface area (Å²) in [6, 6.07) is 8.18. The first-order valence-electron chi connectivity index (χ1n) is 7.39. The summed E-state index contributed by atoms with van der Waals surface area (Å²) < 4.78 is 0. The number of piperidine rings is 1. The fraction of sp³-hybridized carbons (Fsp3) is 0.562. The first-order chi connectivity index (χ1) is 9.60. The Labute approximate surface area is 133 Å². The van der Waals surface area contributed by atoms with E-state index in [4.69, 9.17) is 5.73 Å². The highest BCUT2D eigenvalue weighted by molar-refractivity contribution is 5.92. The third-order valence-corrected chi connectivity index (χ3v) is 4.14. The number of hydrogen-bond acceptors (Lipinski definition) is 3. The highest BCUT2D eigenvalue weighted by Gasteiger charge is 2.26. The topological polar surface area (TPSA) is 58.4 Å². The van der Waals surface area contributed by atoms with E-state index in [-0.39, 0.29) is 18.3 Å². The summed E-state index contributed by atoms with van der Waals surface area (Å²) in [7, 11) is 0. The van der Waals surface area contributed by atoms with Crippen molar-refractivity contribution in [3.05, 3.63) is 29.8 Å². The van der Waals surface area contributed by atoms with Gasteiger partial charge in [-0.2, -0.15) is 0 Å². The average molecular weight is 312 g/mol. The number of carbonyl (C=O) groups excluding carboxylic acids is 1. The van der Waals surface area contributed by atoms with Crippen molar-refractivity contribution in [3.63, 3.8) is 0 Å². The van der Waals surface area contributed by atoms with Crippen molar-refractivity contribution in [3.8, 4) is 0 Å². The molecule has 1 saturated heterocycles. The van der Waals surface area contributed by atoms with Gasteiger partial charge in [0.05, 0.1) is 6.54 Å². The van der Waals surface area contributed by atoms with Crippen molar-refractivity contribution in [2.45, 2.75) is 32.7 Å². The third-order valence-electron chi connectivity index (χ3n) is 4.14. The van der Waals surface area contributed by atoms with Crippen LogP contribution in [-0.4, -0.2) is 36.5 Å². The molecule has 0 bridgehead atoms. The van der Waals surface area contributed by atoms with Crippen LogP contribution in [0.1, 0.15) is 25.3 Å². The van der Waals surface area contributed by atoms with E-state index in [0.717, 1.165) is 30.6 Å². The Bertz CT molecular complexity index is 467. The van der Waals surface area contributed by atoms with Crippen LogP contribution in [0.25, 0.3) is 0 Å². The van der Waals surface area contributed by atoms with Crippen LogP contribution >= 0.6 is 12.4 Å². The normalized spacial score (nSPS) is 22.4. The molecule has 2 rings (SSSR count). The molecule has 1 fully saturated rings.